The molecular weight excluding hydrogens is 274 g/mol. The molecule has 22 heavy (non-hydrogen) atoms. The number of benzene rings is 1. The first-order valence-corrected chi connectivity index (χ1v) is 8.03. The first-order valence-electron chi connectivity index (χ1n) is 8.03. The zero-order chi connectivity index (χ0) is 14.9. The summed E-state index contributed by atoms with van der Waals surface area (Å²) in [4.78, 5) is 9.01. The van der Waals surface area contributed by atoms with E-state index in [4.69, 9.17) is 5.73 Å². The Morgan fingerprint density at radius 3 is 2.91 bits per heavy atom. The number of nitrogen functional groups attached to an aromatic ring is 1. The molecule has 1 aliphatic carbocycles. The van der Waals surface area contributed by atoms with Crippen LogP contribution >= 0.6 is 0 Å². The van der Waals surface area contributed by atoms with Crippen molar-refractivity contribution in [2.45, 2.75) is 31.7 Å². The van der Waals surface area contributed by atoms with E-state index >= 15 is 0 Å². The van der Waals surface area contributed by atoms with Gasteiger partial charge in [0.05, 0.1) is 5.69 Å². The number of anilines is 2. The molecule has 1 atom stereocenters. The maximum atomic E-state index is 5.97. The molecule has 114 valence electrons. The van der Waals surface area contributed by atoms with Gasteiger partial charge in [0.1, 0.15) is 5.82 Å². The van der Waals surface area contributed by atoms with Crippen LogP contribution < -0.4 is 16.4 Å². The minimum Gasteiger partial charge on any atom is -0.368 e. The second kappa shape index (κ2) is 5.57. The number of nitrogens with one attached hydrogen (secondary N) is 2. The van der Waals surface area contributed by atoms with E-state index in [1.807, 2.05) is 0 Å². The van der Waals surface area contributed by atoms with Gasteiger partial charge in [-0.3, -0.25) is 0 Å². The SMILES string of the molecule is Nc1nc(NCC2CCN2)c2c(n1)-c1ccccc1CCC2. The molecule has 1 fully saturated rings. The molecule has 2 aromatic rings. The summed E-state index contributed by atoms with van der Waals surface area (Å²) in [5.41, 5.74) is 10.7. The summed E-state index contributed by atoms with van der Waals surface area (Å²) in [6.07, 6.45) is 4.41. The average Bonchev–Trinajstić information content (AvgIpc) is 2.65. The van der Waals surface area contributed by atoms with E-state index < -0.39 is 0 Å². The Balaban J connectivity index is 1.74. The molecule has 0 bridgehead atoms. The second-order valence-corrected chi connectivity index (χ2v) is 6.09. The summed E-state index contributed by atoms with van der Waals surface area (Å²) in [5.74, 6) is 1.26. The average molecular weight is 295 g/mol. The maximum Gasteiger partial charge on any atom is 0.222 e. The van der Waals surface area contributed by atoms with E-state index in [-0.39, 0.29) is 0 Å². The number of nitrogens with two attached hydrogens (primary N) is 1. The van der Waals surface area contributed by atoms with Crippen LogP contribution in [0.3, 0.4) is 0 Å². The molecule has 2 heterocycles. The summed E-state index contributed by atoms with van der Waals surface area (Å²) in [5, 5.41) is 6.88. The van der Waals surface area contributed by atoms with E-state index in [1.165, 1.54) is 23.1 Å². The van der Waals surface area contributed by atoms with Gasteiger partial charge in [0.2, 0.25) is 5.95 Å². The molecule has 1 saturated heterocycles. The Morgan fingerprint density at radius 1 is 1.23 bits per heavy atom. The Morgan fingerprint density at radius 2 is 2.09 bits per heavy atom. The first kappa shape index (κ1) is 13.5. The predicted octanol–water partition coefficient (Wildman–Crippen LogP) is 1.99. The lowest BCUT2D eigenvalue weighted by molar-refractivity contribution is 0.386. The third kappa shape index (κ3) is 2.41. The van der Waals surface area contributed by atoms with Crippen molar-refractivity contribution >= 4 is 11.8 Å². The third-order valence-electron chi connectivity index (χ3n) is 4.61. The zero-order valence-electron chi connectivity index (χ0n) is 12.6. The highest BCUT2D eigenvalue weighted by molar-refractivity contribution is 5.73. The Bertz CT molecular complexity index is 693. The van der Waals surface area contributed by atoms with Crippen LogP contribution in [0.1, 0.15) is 24.0 Å². The van der Waals surface area contributed by atoms with Crippen molar-refractivity contribution in [3.05, 3.63) is 35.4 Å². The van der Waals surface area contributed by atoms with Gasteiger partial charge in [0, 0.05) is 23.7 Å². The van der Waals surface area contributed by atoms with Gasteiger partial charge in [0.25, 0.3) is 0 Å². The number of fused-ring (bicyclic) bond motifs is 3. The Kier molecular flexibility index (Phi) is 3.42. The van der Waals surface area contributed by atoms with Crippen molar-refractivity contribution in [3.63, 3.8) is 0 Å². The molecule has 0 saturated carbocycles. The quantitative estimate of drug-likeness (QED) is 0.807. The molecule has 0 amide bonds. The van der Waals surface area contributed by atoms with Gasteiger partial charge in [-0.2, -0.15) is 4.98 Å². The number of hydrogen-bond acceptors (Lipinski definition) is 5. The molecule has 1 unspecified atom stereocenters. The van der Waals surface area contributed by atoms with Crippen molar-refractivity contribution in [2.75, 3.05) is 24.1 Å². The van der Waals surface area contributed by atoms with Crippen LogP contribution in [0.2, 0.25) is 0 Å². The Labute approximate surface area is 130 Å². The monoisotopic (exact) mass is 295 g/mol. The summed E-state index contributed by atoms with van der Waals surface area (Å²) in [6, 6.07) is 9.04. The van der Waals surface area contributed by atoms with E-state index in [9.17, 15) is 0 Å². The van der Waals surface area contributed by atoms with Crippen LogP contribution in [-0.2, 0) is 12.8 Å². The number of rotatable bonds is 3. The number of aromatic nitrogens is 2. The smallest absolute Gasteiger partial charge is 0.222 e. The fourth-order valence-corrected chi connectivity index (χ4v) is 3.27. The van der Waals surface area contributed by atoms with Crippen molar-refractivity contribution < 1.29 is 0 Å². The highest BCUT2D eigenvalue weighted by atomic mass is 15.1. The molecule has 1 aromatic carbocycles. The van der Waals surface area contributed by atoms with E-state index in [0.29, 0.717) is 12.0 Å². The van der Waals surface area contributed by atoms with E-state index in [2.05, 4.69) is 44.9 Å². The molecule has 0 spiro atoms. The largest absolute Gasteiger partial charge is 0.368 e. The number of hydrogen-bond donors (Lipinski definition) is 3. The molecule has 4 rings (SSSR count). The van der Waals surface area contributed by atoms with Gasteiger partial charge in [-0.1, -0.05) is 24.3 Å². The lowest BCUT2D eigenvalue weighted by Gasteiger charge is -2.28. The molecule has 2 aliphatic rings. The van der Waals surface area contributed by atoms with Gasteiger partial charge < -0.3 is 16.4 Å². The lowest BCUT2D eigenvalue weighted by Crippen LogP contribution is -2.47. The van der Waals surface area contributed by atoms with Crippen LogP contribution in [-0.4, -0.2) is 29.1 Å². The van der Waals surface area contributed by atoms with Crippen LogP contribution in [0.5, 0.6) is 0 Å². The molecule has 1 aromatic heterocycles. The van der Waals surface area contributed by atoms with Crippen molar-refractivity contribution in [2.24, 2.45) is 0 Å². The molecule has 1 aliphatic heterocycles. The molecule has 0 radical (unpaired) electrons. The van der Waals surface area contributed by atoms with Crippen molar-refractivity contribution in [1.82, 2.24) is 15.3 Å². The zero-order valence-corrected chi connectivity index (χ0v) is 12.6. The molecule has 4 N–H and O–H groups in total. The van der Waals surface area contributed by atoms with Gasteiger partial charge >= 0.3 is 0 Å². The molecule has 5 nitrogen and oxygen atoms in total. The van der Waals surface area contributed by atoms with E-state index in [1.54, 1.807) is 0 Å². The van der Waals surface area contributed by atoms with Crippen LogP contribution in [0.4, 0.5) is 11.8 Å². The minimum absolute atomic E-state index is 0.347. The van der Waals surface area contributed by atoms with E-state index in [0.717, 1.165) is 43.9 Å². The molecule has 5 heteroatoms. The fourth-order valence-electron chi connectivity index (χ4n) is 3.27. The maximum absolute atomic E-state index is 5.97. The highest BCUT2D eigenvalue weighted by Gasteiger charge is 2.22. The number of aryl methyl sites for hydroxylation is 1. The van der Waals surface area contributed by atoms with Crippen LogP contribution in [0.25, 0.3) is 11.3 Å². The third-order valence-corrected chi connectivity index (χ3v) is 4.61. The van der Waals surface area contributed by atoms with Crippen LogP contribution in [0.15, 0.2) is 24.3 Å². The highest BCUT2D eigenvalue weighted by Crippen LogP contribution is 2.34. The standard InChI is InChI=1S/C17H21N5/c18-17-21-15-13-6-2-1-4-11(13)5-3-7-14(15)16(22-17)20-10-12-8-9-19-12/h1-2,4,6,12,19H,3,5,7-10H2,(H3,18,20,21,22). The number of nitrogens with zero attached hydrogens (tertiary/aromatic N) is 2. The molecular formula is C17H21N5. The van der Waals surface area contributed by atoms with Crippen molar-refractivity contribution in [1.29, 1.82) is 0 Å². The summed E-state index contributed by atoms with van der Waals surface area (Å²) < 4.78 is 0. The summed E-state index contributed by atoms with van der Waals surface area (Å²) >= 11 is 0. The summed E-state index contributed by atoms with van der Waals surface area (Å²) in [7, 11) is 0. The second-order valence-electron chi connectivity index (χ2n) is 6.09. The fraction of sp³-hybridized carbons (Fsp3) is 0.412. The summed E-state index contributed by atoms with van der Waals surface area (Å²) in [6.45, 7) is 2.01. The predicted molar refractivity (Wildman–Crippen MR) is 88.8 cm³/mol. The topological polar surface area (TPSA) is 75.9 Å². The minimum atomic E-state index is 0.347. The van der Waals surface area contributed by atoms with Gasteiger partial charge in [-0.15, -0.1) is 0 Å². The van der Waals surface area contributed by atoms with Crippen LogP contribution in [0, 0.1) is 0 Å². The lowest BCUT2D eigenvalue weighted by atomic mass is 10.0. The van der Waals surface area contributed by atoms with Crippen molar-refractivity contribution in [3.8, 4) is 11.3 Å². The Hall–Kier alpha value is -2.14. The van der Waals surface area contributed by atoms with Gasteiger partial charge in [0.15, 0.2) is 0 Å². The van der Waals surface area contributed by atoms with Gasteiger partial charge in [-0.05, 0) is 37.8 Å². The first-order chi connectivity index (χ1) is 10.8. The normalized spacial score (nSPS) is 19.5. The van der Waals surface area contributed by atoms with Gasteiger partial charge in [-0.25, -0.2) is 4.98 Å².